The molecule has 0 bridgehead atoms. The van der Waals surface area contributed by atoms with Gasteiger partial charge in [0.05, 0.1) is 23.9 Å². The summed E-state index contributed by atoms with van der Waals surface area (Å²) in [6.07, 6.45) is -0.804. The Kier molecular flexibility index (Phi) is 9.27. The number of ether oxygens (including phenoxy) is 2. The predicted octanol–water partition coefficient (Wildman–Crippen LogP) is 3.23. The molecule has 3 N–H and O–H groups in total. The molecule has 2 aromatic carbocycles. The van der Waals surface area contributed by atoms with Crippen LogP contribution in [0.15, 0.2) is 53.6 Å². The van der Waals surface area contributed by atoms with Gasteiger partial charge in [0.1, 0.15) is 24.4 Å². The van der Waals surface area contributed by atoms with Crippen LogP contribution in [-0.4, -0.2) is 85.1 Å². The summed E-state index contributed by atoms with van der Waals surface area (Å²) in [4.78, 5) is 15.4. The summed E-state index contributed by atoms with van der Waals surface area (Å²) >= 11 is 6.69. The smallest absolute Gasteiger partial charge is 0.316 e. The number of para-hydroxylation sites is 1. The van der Waals surface area contributed by atoms with Crippen molar-refractivity contribution < 1.29 is 28.2 Å². The Bertz CT molecular complexity index is 1150. The van der Waals surface area contributed by atoms with Crippen molar-refractivity contribution in [2.24, 2.45) is 5.10 Å². The number of nitrogens with zero attached hydrogens (tertiary/aromatic N) is 3. The summed E-state index contributed by atoms with van der Waals surface area (Å²) in [5, 5.41) is 21.1. The highest BCUT2D eigenvalue weighted by Gasteiger charge is 2.41. The van der Waals surface area contributed by atoms with Crippen LogP contribution < -0.4 is 15.6 Å². The number of hydrazone groups is 1. The van der Waals surface area contributed by atoms with Crippen molar-refractivity contribution in [1.29, 1.82) is 0 Å². The van der Waals surface area contributed by atoms with Gasteiger partial charge in [-0.1, -0.05) is 18.2 Å². The third-order valence-corrected chi connectivity index (χ3v) is 6.92. The minimum absolute atomic E-state index is 0.0398. The Morgan fingerprint density at radius 3 is 2.49 bits per heavy atom. The molecule has 1 saturated heterocycles. The topological polar surface area (TPSA) is 98.7 Å². The average molecular weight is 566 g/mol. The SMILES string of the molecule is COCCN1C[C@@H](NC(=O)NC2C(Cl)C(OCC(C)(C)O)=NN2c2ccccc2)[C@H](c2cc(F)cc(F)c2)C1. The van der Waals surface area contributed by atoms with Crippen molar-refractivity contribution in [1.82, 2.24) is 15.5 Å². The fraction of sp³-hybridized carbons (Fsp3) is 0.481. The Morgan fingerprint density at radius 2 is 1.85 bits per heavy atom. The second-order valence-electron chi connectivity index (χ2n) is 10.4. The number of hydrogen-bond donors (Lipinski definition) is 3. The first-order valence-electron chi connectivity index (χ1n) is 12.7. The minimum atomic E-state index is -1.11. The highest BCUT2D eigenvalue weighted by Crippen LogP contribution is 2.30. The van der Waals surface area contributed by atoms with Gasteiger partial charge in [0.15, 0.2) is 5.38 Å². The van der Waals surface area contributed by atoms with Gasteiger partial charge in [0.2, 0.25) is 5.90 Å². The summed E-state index contributed by atoms with van der Waals surface area (Å²) in [6, 6.07) is 11.6. The molecule has 2 amide bonds. The first-order valence-corrected chi connectivity index (χ1v) is 13.1. The van der Waals surface area contributed by atoms with Crippen molar-refractivity contribution in [3.8, 4) is 0 Å². The van der Waals surface area contributed by atoms with Gasteiger partial charge in [-0.15, -0.1) is 16.7 Å². The van der Waals surface area contributed by atoms with Crippen LogP contribution in [0.5, 0.6) is 0 Å². The monoisotopic (exact) mass is 565 g/mol. The number of amides is 2. The van der Waals surface area contributed by atoms with E-state index in [0.717, 1.165) is 6.07 Å². The molecule has 2 unspecified atom stereocenters. The average Bonchev–Trinajstić information content (AvgIpc) is 3.41. The number of carbonyl (C=O) groups is 1. The zero-order chi connectivity index (χ0) is 28.2. The van der Waals surface area contributed by atoms with E-state index in [9.17, 15) is 18.7 Å². The van der Waals surface area contributed by atoms with Gasteiger partial charge < -0.3 is 25.2 Å². The number of benzene rings is 2. The highest BCUT2D eigenvalue weighted by atomic mass is 35.5. The van der Waals surface area contributed by atoms with Crippen LogP contribution in [-0.2, 0) is 9.47 Å². The number of hydrogen-bond acceptors (Lipinski definition) is 7. The number of alkyl halides is 1. The number of aliphatic hydroxyl groups is 1. The summed E-state index contributed by atoms with van der Waals surface area (Å²) in [5.74, 6) is -1.53. The predicted molar refractivity (Wildman–Crippen MR) is 145 cm³/mol. The maximum absolute atomic E-state index is 14.0. The Balaban J connectivity index is 1.50. The van der Waals surface area contributed by atoms with E-state index in [-0.39, 0.29) is 18.4 Å². The molecule has 2 aliphatic heterocycles. The number of likely N-dealkylation sites (tertiary alicyclic amines) is 1. The second-order valence-corrected chi connectivity index (χ2v) is 10.8. The molecule has 1 fully saturated rings. The fourth-order valence-corrected chi connectivity index (χ4v) is 4.96. The molecule has 39 heavy (non-hydrogen) atoms. The largest absolute Gasteiger partial charge is 0.476 e. The maximum Gasteiger partial charge on any atom is 0.316 e. The summed E-state index contributed by atoms with van der Waals surface area (Å²) in [6.45, 7) is 5.21. The minimum Gasteiger partial charge on any atom is -0.476 e. The molecule has 9 nitrogen and oxygen atoms in total. The van der Waals surface area contributed by atoms with Crippen LogP contribution in [0, 0.1) is 11.6 Å². The molecule has 0 saturated carbocycles. The number of nitrogens with one attached hydrogen (secondary N) is 2. The van der Waals surface area contributed by atoms with Crippen molar-refractivity contribution in [3.05, 3.63) is 65.7 Å². The number of methoxy groups -OCH3 is 1. The lowest BCUT2D eigenvalue weighted by molar-refractivity contribution is 0.0231. The van der Waals surface area contributed by atoms with E-state index in [1.54, 1.807) is 26.0 Å². The number of carbonyl (C=O) groups excluding carboxylic acids is 1. The molecule has 0 aliphatic carbocycles. The molecular weight excluding hydrogens is 532 g/mol. The zero-order valence-corrected chi connectivity index (χ0v) is 22.9. The molecule has 0 spiro atoms. The van der Waals surface area contributed by atoms with E-state index in [1.807, 2.05) is 30.3 Å². The number of rotatable bonds is 9. The standard InChI is InChI=1S/C27H34ClF2N5O4/c1-27(2,37)16-39-25-23(28)24(35(33-25)20-7-5-4-6-8-20)32-26(36)31-22-15-34(9-10-38-3)14-21(22)17-11-18(29)13-19(30)12-17/h4-8,11-13,21-24,37H,9-10,14-16H2,1-3H3,(H2,31,32,36)/t21-,22+,23?,24?/m0/s1. The van der Waals surface area contributed by atoms with E-state index in [0.29, 0.717) is 37.5 Å². The Hall–Kier alpha value is -2.99. The van der Waals surface area contributed by atoms with Crippen molar-refractivity contribution in [3.63, 3.8) is 0 Å². The molecule has 0 radical (unpaired) electrons. The van der Waals surface area contributed by atoms with E-state index < -0.39 is 40.9 Å². The van der Waals surface area contributed by atoms with Crippen LogP contribution in [0.25, 0.3) is 0 Å². The first kappa shape index (κ1) is 29.0. The number of halogens is 3. The van der Waals surface area contributed by atoms with Crippen LogP contribution in [0.2, 0.25) is 0 Å². The highest BCUT2D eigenvalue weighted by molar-refractivity contribution is 6.32. The van der Waals surface area contributed by atoms with E-state index in [1.165, 1.54) is 12.1 Å². The summed E-state index contributed by atoms with van der Waals surface area (Å²) < 4.78 is 38.9. The molecule has 2 aliphatic rings. The van der Waals surface area contributed by atoms with Crippen LogP contribution in [0.1, 0.15) is 25.3 Å². The first-order chi connectivity index (χ1) is 18.5. The van der Waals surface area contributed by atoms with Crippen LogP contribution in [0.4, 0.5) is 19.3 Å². The van der Waals surface area contributed by atoms with E-state index >= 15 is 0 Å². The van der Waals surface area contributed by atoms with Gasteiger partial charge in [-0.25, -0.2) is 18.6 Å². The third kappa shape index (κ3) is 7.57. The third-order valence-electron chi connectivity index (χ3n) is 6.49. The van der Waals surface area contributed by atoms with Crippen molar-refractivity contribution >= 4 is 29.2 Å². The molecule has 2 aromatic rings. The lowest BCUT2D eigenvalue weighted by Gasteiger charge is -2.28. The van der Waals surface area contributed by atoms with Crippen molar-refractivity contribution in [2.75, 3.05) is 45.0 Å². The van der Waals surface area contributed by atoms with Gasteiger partial charge in [-0.05, 0) is 43.7 Å². The molecule has 212 valence electrons. The molecule has 4 rings (SSSR count). The lowest BCUT2D eigenvalue weighted by Crippen LogP contribution is -2.55. The number of urea groups is 1. The molecule has 4 atom stereocenters. The van der Waals surface area contributed by atoms with Crippen LogP contribution in [0.3, 0.4) is 0 Å². The van der Waals surface area contributed by atoms with E-state index in [4.69, 9.17) is 21.1 Å². The molecule has 0 aromatic heterocycles. The molecular formula is C27H34ClF2N5O4. The van der Waals surface area contributed by atoms with Gasteiger partial charge in [-0.3, -0.25) is 4.90 Å². The fourth-order valence-electron chi connectivity index (χ4n) is 4.68. The quantitative estimate of drug-likeness (QED) is 0.404. The Labute approximate surface area is 231 Å². The van der Waals surface area contributed by atoms with Gasteiger partial charge >= 0.3 is 6.03 Å². The van der Waals surface area contributed by atoms with Crippen LogP contribution >= 0.6 is 11.6 Å². The van der Waals surface area contributed by atoms with Gasteiger partial charge in [0, 0.05) is 38.7 Å². The lowest BCUT2D eigenvalue weighted by atomic mass is 9.94. The molecule has 12 heteroatoms. The van der Waals surface area contributed by atoms with Crippen molar-refractivity contribution in [2.45, 2.75) is 43.0 Å². The van der Waals surface area contributed by atoms with E-state index in [2.05, 4.69) is 20.6 Å². The summed E-state index contributed by atoms with van der Waals surface area (Å²) in [7, 11) is 1.60. The maximum atomic E-state index is 14.0. The Morgan fingerprint density at radius 1 is 1.15 bits per heavy atom. The normalized spacial score (nSPS) is 23.6. The summed E-state index contributed by atoms with van der Waals surface area (Å²) in [5.41, 5.74) is 0.0303. The number of anilines is 1. The second kappa shape index (κ2) is 12.5. The zero-order valence-electron chi connectivity index (χ0n) is 22.1. The molecule has 2 heterocycles. The van der Waals surface area contributed by atoms with Gasteiger partial charge in [0.25, 0.3) is 0 Å². The van der Waals surface area contributed by atoms with Gasteiger partial charge in [-0.2, -0.15) is 0 Å².